The van der Waals surface area contributed by atoms with E-state index < -0.39 is 36.7 Å². The molecule has 0 fully saturated rings. The zero-order valence-corrected chi connectivity index (χ0v) is 14.4. The quantitative estimate of drug-likeness (QED) is 0.725. The number of aromatic nitrogens is 2. The molecule has 0 unspecified atom stereocenters. The van der Waals surface area contributed by atoms with Crippen LogP contribution >= 0.6 is 0 Å². The lowest BCUT2D eigenvalue weighted by Crippen LogP contribution is -2.28. The van der Waals surface area contributed by atoms with Crippen LogP contribution in [0.2, 0.25) is 0 Å². The fourth-order valence-corrected chi connectivity index (χ4v) is 2.46. The van der Waals surface area contributed by atoms with Crippen molar-refractivity contribution < 1.29 is 22.4 Å². The molecular weight excluding hydrogens is 352 g/mol. The average Bonchev–Trinajstić information content (AvgIpc) is 2.97. The molecule has 0 aliphatic heterocycles. The largest absolute Gasteiger partial charge is 0.350 e. The SMILES string of the molecule is CN(C)Cc1cccc(CNC(=O)Cn2nc(C(F)F)cc2C(F)F)c1. The Morgan fingerprint density at radius 1 is 1.15 bits per heavy atom. The Balaban J connectivity index is 1.99. The van der Waals surface area contributed by atoms with Crippen molar-refractivity contribution in [2.75, 3.05) is 14.1 Å². The molecule has 0 saturated heterocycles. The summed E-state index contributed by atoms with van der Waals surface area (Å²) in [4.78, 5) is 14.0. The molecule has 1 amide bonds. The van der Waals surface area contributed by atoms with Gasteiger partial charge in [-0.2, -0.15) is 5.10 Å². The maximum absolute atomic E-state index is 12.9. The van der Waals surface area contributed by atoms with E-state index in [0.717, 1.165) is 17.7 Å². The number of hydrogen-bond donors (Lipinski definition) is 1. The second kappa shape index (κ2) is 8.79. The van der Waals surface area contributed by atoms with Crippen molar-refractivity contribution in [3.63, 3.8) is 0 Å². The predicted molar refractivity (Wildman–Crippen MR) is 87.8 cm³/mol. The van der Waals surface area contributed by atoms with Gasteiger partial charge in [0.2, 0.25) is 5.91 Å². The van der Waals surface area contributed by atoms with Crippen molar-refractivity contribution in [2.45, 2.75) is 32.5 Å². The molecular formula is C17H20F4N4O. The minimum atomic E-state index is -2.99. The maximum atomic E-state index is 12.9. The van der Waals surface area contributed by atoms with Gasteiger partial charge in [0.05, 0.1) is 0 Å². The Bertz CT molecular complexity index is 746. The first kappa shape index (κ1) is 19.9. The number of carbonyl (C=O) groups is 1. The molecule has 1 heterocycles. The minimum absolute atomic E-state index is 0.201. The summed E-state index contributed by atoms with van der Waals surface area (Å²) in [6.07, 6.45) is -5.97. The lowest BCUT2D eigenvalue weighted by Gasteiger charge is -2.12. The average molecular weight is 372 g/mol. The number of benzene rings is 1. The molecule has 142 valence electrons. The molecule has 0 atom stereocenters. The molecule has 1 N–H and O–H groups in total. The summed E-state index contributed by atoms with van der Waals surface area (Å²) in [5.74, 6) is -0.589. The topological polar surface area (TPSA) is 50.2 Å². The molecule has 9 heteroatoms. The zero-order chi connectivity index (χ0) is 19.3. The van der Waals surface area contributed by atoms with Gasteiger partial charge in [-0.1, -0.05) is 24.3 Å². The Hall–Kier alpha value is -2.42. The summed E-state index contributed by atoms with van der Waals surface area (Å²) >= 11 is 0. The smallest absolute Gasteiger partial charge is 0.282 e. The monoisotopic (exact) mass is 372 g/mol. The molecule has 5 nitrogen and oxygen atoms in total. The van der Waals surface area contributed by atoms with Gasteiger partial charge in [0.1, 0.15) is 17.9 Å². The highest BCUT2D eigenvalue weighted by molar-refractivity contribution is 5.75. The second-order valence-electron chi connectivity index (χ2n) is 6.09. The fourth-order valence-electron chi connectivity index (χ4n) is 2.46. The molecule has 0 spiro atoms. The summed E-state index contributed by atoms with van der Waals surface area (Å²) in [5.41, 5.74) is 0.434. The first-order chi connectivity index (χ1) is 12.3. The van der Waals surface area contributed by atoms with Crippen molar-refractivity contribution in [1.29, 1.82) is 0 Å². The van der Waals surface area contributed by atoms with Gasteiger partial charge >= 0.3 is 0 Å². The van der Waals surface area contributed by atoms with Crippen LogP contribution in [0.1, 0.15) is 35.4 Å². The highest BCUT2D eigenvalue weighted by Gasteiger charge is 2.22. The minimum Gasteiger partial charge on any atom is -0.350 e. The summed E-state index contributed by atoms with van der Waals surface area (Å²) in [6.45, 7) is 0.389. The van der Waals surface area contributed by atoms with E-state index in [4.69, 9.17) is 0 Å². The highest BCUT2D eigenvalue weighted by Crippen LogP contribution is 2.24. The molecule has 1 aromatic heterocycles. The number of nitrogens with one attached hydrogen (secondary N) is 1. The first-order valence-corrected chi connectivity index (χ1v) is 7.89. The zero-order valence-electron chi connectivity index (χ0n) is 14.4. The molecule has 2 aromatic rings. The third-order valence-electron chi connectivity index (χ3n) is 3.55. The van der Waals surface area contributed by atoms with Gasteiger partial charge in [-0.05, 0) is 31.3 Å². The second-order valence-corrected chi connectivity index (χ2v) is 6.09. The van der Waals surface area contributed by atoms with Gasteiger partial charge in [-0.15, -0.1) is 0 Å². The van der Waals surface area contributed by atoms with Crippen molar-refractivity contribution in [3.05, 3.63) is 52.8 Å². The first-order valence-electron chi connectivity index (χ1n) is 7.89. The van der Waals surface area contributed by atoms with Gasteiger partial charge in [-0.3, -0.25) is 9.48 Å². The molecule has 0 aliphatic rings. The van der Waals surface area contributed by atoms with E-state index in [1.165, 1.54) is 0 Å². The third kappa shape index (κ3) is 5.55. The molecule has 0 aliphatic carbocycles. The number of alkyl halides is 4. The van der Waals surface area contributed by atoms with Gasteiger partial charge in [-0.25, -0.2) is 17.6 Å². The molecule has 1 aromatic carbocycles. The Morgan fingerprint density at radius 2 is 1.85 bits per heavy atom. The Labute approximate surface area is 148 Å². The number of halogens is 4. The van der Waals surface area contributed by atoms with Crippen molar-refractivity contribution >= 4 is 5.91 Å². The van der Waals surface area contributed by atoms with E-state index in [2.05, 4.69) is 10.4 Å². The summed E-state index contributed by atoms with van der Waals surface area (Å²) in [7, 11) is 3.87. The molecule has 2 rings (SSSR count). The van der Waals surface area contributed by atoms with Gasteiger partial charge in [0.15, 0.2) is 0 Å². The van der Waals surface area contributed by atoms with Crippen LogP contribution in [0.3, 0.4) is 0 Å². The molecule has 0 bridgehead atoms. The normalized spacial score (nSPS) is 11.6. The van der Waals surface area contributed by atoms with Crippen LogP contribution < -0.4 is 5.32 Å². The molecule has 26 heavy (non-hydrogen) atoms. The Kier molecular flexibility index (Phi) is 6.73. The third-order valence-corrected chi connectivity index (χ3v) is 3.55. The number of carbonyl (C=O) groups excluding carboxylic acids is 1. The van der Waals surface area contributed by atoms with Crippen molar-refractivity contribution in [3.8, 4) is 0 Å². The number of hydrogen-bond acceptors (Lipinski definition) is 3. The van der Waals surface area contributed by atoms with Crippen LogP contribution in [-0.2, 0) is 24.4 Å². The van der Waals surface area contributed by atoms with Crippen LogP contribution in [0.5, 0.6) is 0 Å². The van der Waals surface area contributed by atoms with E-state index in [9.17, 15) is 22.4 Å². The molecule has 0 saturated carbocycles. The van der Waals surface area contributed by atoms with Crippen LogP contribution in [0, 0.1) is 0 Å². The van der Waals surface area contributed by atoms with Crippen LogP contribution in [0.25, 0.3) is 0 Å². The standard InChI is InChI=1S/C17H20F4N4O/c1-24(2)9-12-5-3-4-11(6-12)8-22-15(26)10-25-14(17(20)21)7-13(23-25)16(18)19/h3-7,16-17H,8-10H2,1-2H3,(H,22,26). The highest BCUT2D eigenvalue weighted by atomic mass is 19.3. The van der Waals surface area contributed by atoms with E-state index in [0.29, 0.717) is 10.7 Å². The van der Waals surface area contributed by atoms with E-state index >= 15 is 0 Å². The number of amides is 1. The van der Waals surface area contributed by atoms with Crippen molar-refractivity contribution in [2.24, 2.45) is 0 Å². The van der Waals surface area contributed by atoms with E-state index in [1.807, 2.05) is 43.3 Å². The van der Waals surface area contributed by atoms with Gasteiger partial charge in [0.25, 0.3) is 12.9 Å². The number of nitrogens with zero attached hydrogens (tertiary/aromatic N) is 3. The number of rotatable bonds is 8. The van der Waals surface area contributed by atoms with Crippen LogP contribution in [0.4, 0.5) is 17.6 Å². The lowest BCUT2D eigenvalue weighted by atomic mass is 10.1. The van der Waals surface area contributed by atoms with Crippen molar-refractivity contribution in [1.82, 2.24) is 20.0 Å². The Morgan fingerprint density at radius 3 is 2.46 bits per heavy atom. The van der Waals surface area contributed by atoms with E-state index in [-0.39, 0.29) is 6.54 Å². The fraction of sp³-hybridized carbons (Fsp3) is 0.412. The summed E-state index contributed by atoms with van der Waals surface area (Å²) in [6, 6.07) is 8.18. The van der Waals surface area contributed by atoms with Gasteiger partial charge in [0, 0.05) is 13.1 Å². The molecule has 0 radical (unpaired) electrons. The predicted octanol–water partition coefficient (Wildman–Crippen LogP) is 3.14. The van der Waals surface area contributed by atoms with E-state index in [1.54, 1.807) is 0 Å². The lowest BCUT2D eigenvalue weighted by molar-refractivity contribution is -0.122. The summed E-state index contributed by atoms with van der Waals surface area (Å²) < 4.78 is 51.7. The van der Waals surface area contributed by atoms with Gasteiger partial charge < -0.3 is 10.2 Å². The van der Waals surface area contributed by atoms with Crippen LogP contribution in [0.15, 0.2) is 30.3 Å². The van der Waals surface area contributed by atoms with Crippen LogP contribution in [-0.4, -0.2) is 34.7 Å². The maximum Gasteiger partial charge on any atom is 0.282 e. The summed E-state index contributed by atoms with van der Waals surface area (Å²) in [5, 5.41) is 5.98.